The summed E-state index contributed by atoms with van der Waals surface area (Å²) in [6.45, 7) is 7.80. The Morgan fingerprint density at radius 3 is 2.06 bits per heavy atom. The molecule has 0 saturated carbocycles. The van der Waals surface area contributed by atoms with Crippen LogP contribution in [-0.2, 0) is 42.9 Å². The molecule has 0 aromatic rings. The number of nitrogens with one attached hydrogen (secondary N) is 2. The lowest BCUT2D eigenvalue weighted by Gasteiger charge is -2.54. The third-order valence-corrected chi connectivity index (χ3v) is 4.56. The smallest absolute Gasteiger partial charge is 0.315 e. The number of hydrogen-bond donors (Lipinski definition) is 2. The molecule has 12 nitrogen and oxygen atoms in total. The molecule has 0 aromatic carbocycles. The standard InChI is InChI=1S/C20H31FN2O10/c1-8-22-18(28)23-17-15(31-12(4)26)16(21)19(6,7)33-20(17,32-13(5)27)14(30-11(3)25)9-29-10(2)24/h14-17H,8-9H2,1-7H3,(H2,22,23,28)/t14-,15?,16?,17?,20-/m1/s1. The van der Waals surface area contributed by atoms with Gasteiger partial charge in [-0.15, -0.1) is 0 Å². The van der Waals surface area contributed by atoms with Crippen molar-refractivity contribution in [1.29, 1.82) is 0 Å². The fourth-order valence-corrected chi connectivity index (χ4v) is 3.45. The summed E-state index contributed by atoms with van der Waals surface area (Å²) in [6, 6.07) is -2.57. The first-order valence-electron chi connectivity index (χ1n) is 10.2. The van der Waals surface area contributed by atoms with Gasteiger partial charge < -0.3 is 34.3 Å². The van der Waals surface area contributed by atoms with Gasteiger partial charge in [-0.25, -0.2) is 9.18 Å². The monoisotopic (exact) mass is 478 g/mol. The van der Waals surface area contributed by atoms with Crippen molar-refractivity contribution < 1.29 is 52.0 Å². The van der Waals surface area contributed by atoms with Crippen molar-refractivity contribution in [3.63, 3.8) is 0 Å². The lowest BCUT2D eigenvalue weighted by molar-refractivity contribution is -0.365. The molecule has 0 bridgehead atoms. The molecule has 13 heteroatoms. The number of carbonyl (C=O) groups is 5. The first-order chi connectivity index (χ1) is 15.2. The van der Waals surface area contributed by atoms with Gasteiger partial charge in [0, 0.05) is 34.2 Å². The normalized spacial score (nSPS) is 26.8. The van der Waals surface area contributed by atoms with Crippen molar-refractivity contribution in [2.45, 2.75) is 84.3 Å². The molecule has 1 heterocycles. The average molecular weight is 478 g/mol. The van der Waals surface area contributed by atoms with Crippen LogP contribution in [0.5, 0.6) is 0 Å². The minimum absolute atomic E-state index is 0.170. The quantitative estimate of drug-likeness (QED) is 0.372. The molecule has 0 spiro atoms. The number of esters is 4. The Morgan fingerprint density at radius 2 is 1.61 bits per heavy atom. The summed E-state index contributed by atoms with van der Waals surface area (Å²) in [4.78, 5) is 59.7. The van der Waals surface area contributed by atoms with E-state index in [9.17, 15) is 24.0 Å². The topological polar surface area (TPSA) is 156 Å². The van der Waals surface area contributed by atoms with Crippen molar-refractivity contribution in [3.8, 4) is 0 Å². The predicted octanol–water partition coefficient (Wildman–Crippen LogP) is 0.507. The Balaban J connectivity index is 3.79. The van der Waals surface area contributed by atoms with Gasteiger partial charge in [0.1, 0.15) is 18.2 Å². The van der Waals surface area contributed by atoms with Crippen molar-refractivity contribution in [2.24, 2.45) is 0 Å². The summed E-state index contributed by atoms with van der Waals surface area (Å²) < 4.78 is 42.2. The van der Waals surface area contributed by atoms with E-state index in [1.54, 1.807) is 6.92 Å². The van der Waals surface area contributed by atoms with E-state index >= 15 is 4.39 Å². The molecule has 0 radical (unpaired) electrons. The minimum atomic E-state index is -2.45. The number of alkyl halides is 1. The SMILES string of the molecule is CCNC(=O)NC1C(OC(C)=O)C(F)C(C)(C)O[C@]1(OC(C)=O)[C@@H](COC(C)=O)OC(C)=O. The van der Waals surface area contributed by atoms with Gasteiger partial charge in [0.2, 0.25) is 6.10 Å². The second-order valence-electron chi connectivity index (χ2n) is 7.88. The van der Waals surface area contributed by atoms with E-state index in [1.807, 2.05) is 0 Å². The van der Waals surface area contributed by atoms with Gasteiger partial charge in [0.15, 0.2) is 12.3 Å². The molecule has 3 unspecified atom stereocenters. The number of amides is 2. The summed E-state index contributed by atoms with van der Waals surface area (Å²) in [5.74, 6) is -5.97. The molecule has 188 valence electrons. The fourth-order valence-electron chi connectivity index (χ4n) is 3.45. The van der Waals surface area contributed by atoms with Crippen LogP contribution in [0.2, 0.25) is 0 Å². The van der Waals surface area contributed by atoms with Gasteiger partial charge in [0.05, 0.1) is 0 Å². The molecule has 1 rings (SSSR count). The van der Waals surface area contributed by atoms with Crippen LogP contribution in [0.3, 0.4) is 0 Å². The molecule has 2 amide bonds. The molecule has 0 aromatic heterocycles. The molecule has 1 aliphatic rings. The van der Waals surface area contributed by atoms with E-state index in [1.165, 1.54) is 13.8 Å². The van der Waals surface area contributed by atoms with E-state index in [0.717, 1.165) is 27.7 Å². The number of rotatable bonds is 8. The maximum atomic E-state index is 15.5. The van der Waals surface area contributed by atoms with Gasteiger partial charge >= 0.3 is 29.9 Å². The first-order valence-corrected chi connectivity index (χ1v) is 10.2. The fraction of sp³-hybridized carbons (Fsp3) is 0.750. The Labute approximate surface area is 190 Å². The van der Waals surface area contributed by atoms with Crippen molar-refractivity contribution in [2.75, 3.05) is 13.2 Å². The van der Waals surface area contributed by atoms with Crippen LogP contribution in [0, 0.1) is 0 Å². The van der Waals surface area contributed by atoms with Crippen molar-refractivity contribution >= 4 is 29.9 Å². The van der Waals surface area contributed by atoms with Crippen LogP contribution in [0.15, 0.2) is 0 Å². The molecule has 1 aliphatic heterocycles. The van der Waals surface area contributed by atoms with Crippen LogP contribution in [0.4, 0.5) is 9.18 Å². The zero-order valence-electron chi connectivity index (χ0n) is 19.7. The van der Waals surface area contributed by atoms with Gasteiger partial charge in [-0.2, -0.15) is 0 Å². The number of urea groups is 1. The Morgan fingerprint density at radius 1 is 1.00 bits per heavy atom. The predicted molar refractivity (Wildman–Crippen MR) is 108 cm³/mol. The zero-order chi connectivity index (χ0) is 25.6. The summed E-state index contributed by atoms with van der Waals surface area (Å²) in [7, 11) is 0. The first kappa shape index (κ1) is 28.1. The molecule has 1 saturated heterocycles. The van der Waals surface area contributed by atoms with E-state index in [4.69, 9.17) is 23.7 Å². The van der Waals surface area contributed by atoms with Crippen molar-refractivity contribution in [1.82, 2.24) is 10.6 Å². The minimum Gasteiger partial charge on any atom is -0.462 e. The van der Waals surface area contributed by atoms with Crippen molar-refractivity contribution in [3.05, 3.63) is 0 Å². The Kier molecular flexibility index (Phi) is 9.57. The molecule has 5 atom stereocenters. The van der Waals surface area contributed by atoms with Crippen LogP contribution < -0.4 is 10.6 Å². The zero-order valence-corrected chi connectivity index (χ0v) is 19.7. The summed E-state index contributed by atoms with van der Waals surface area (Å²) in [5, 5.41) is 4.80. The largest absolute Gasteiger partial charge is 0.462 e. The second-order valence-corrected chi connectivity index (χ2v) is 7.88. The third kappa shape index (κ3) is 7.27. The van der Waals surface area contributed by atoms with Crippen LogP contribution in [-0.4, -0.2) is 78.9 Å². The highest BCUT2D eigenvalue weighted by atomic mass is 19.1. The van der Waals surface area contributed by atoms with Crippen LogP contribution in [0.25, 0.3) is 0 Å². The summed E-state index contributed by atoms with van der Waals surface area (Å²) in [5.41, 5.74) is -1.79. The van der Waals surface area contributed by atoms with E-state index in [0.29, 0.717) is 0 Å². The lowest BCUT2D eigenvalue weighted by Crippen LogP contribution is -2.77. The second kappa shape index (κ2) is 11.3. The average Bonchev–Trinajstić information content (AvgIpc) is 2.64. The highest BCUT2D eigenvalue weighted by molar-refractivity contribution is 5.75. The van der Waals surface area contributed by atoms with Gasteiger partial charge in [-0.05, 0) is 20.8 Å². The van der Waals surface area contributed by atoms with Crippen LogP contribution in [0.1, 0.15) is 48.5 Å². The van der Waals surface area contributed by atoms with Gasteiger partial charge in [-0.3, -0.25) is 19.2 Å². The lowest BCUT2D eigenvalue weighted by atomic mass is 9.82. The number of ether oxygens (including phenoxy) is 5. The summed E-state index contributed by atoms with van der Waals surface area (Å²) in [6.07, 6.45) is -5.45. The Hall–Kier alpha value is -2.96. The number of hydrogen-bond acceptors (Lipinski definition) is 10. The molecule has 1 fully saturated rings. The van der Waals surface area contributed by atoms with E-state index < -0.39 is 72.3 Å². The Bertz CT molecular complexity index is 774. The van der Waals surface area contributed by atoms with Gasteiger partial charge in [-0.1, -0.05) is 0 Å². The maximum Gasteiger partial charge on any atom is 0.315 e. The molecular weight excluding hydrogens is 447 g/mol. The summed E-state index contributed by atoms with van der Waals surface area (Å²) >= 11 is 0. The van der Waals surface area contributed by atoms with E-state index in [2.05, 4.69) is 10.6 Å². The number of carbonyl (C=O) groups excluding carboxylic acids is 5. The van der Waals surface area contributed by atoms with E-state index in [-0.39, 0.29) is 6.54 Å². The number of halogens is 1. The molecule has 0 aliphatic carbocycles. The maximum absolute atomic E-state index is 15.5. The van der Waals surface area contributed by atoms with Gasteiger partial charge in [0.25, 0.3) is 5.79 Å². The highest BCUT2D eigenvalue weighted by Gasteiger charge is 2.67. The molecule has 2 N–H and O–H groups in total. The molecule has 33 heavy (non-hydrogen) atoms. The molecular formula is C20H31FN2O10. The highest BCUT2D eigenvalue weighted by Crippen LogP contribution is 2.43. The third-order valence-electron chi connectivity index (χ3n) is 4.56. The van der Waals surface area contributed by atoms with Crippen LogP contribution >= 0.6 is 0 Å².